The number of hydrogen-bond donors (Lipinski definition) is 0. The molecule has 0 bridgehead atoms. The third-order valence-corrected chi connectivity index (χ3v) is 6.15. The van der Waals surface area contributed by atoms with Crippen LogP contribution in [0, 0.1) is 5.41 Å². The minimum absolute atomic E-state index is 0.0965. The van der Waals surface area contributed by atoms with Gasteiger partial charge in [-0.3, -0.25) is 19.5 Å². The van der Waals surface area contributed by atoms with E-state index in [-0.39, 0.29) is 18.0 Å². The average molecular weight is 412 g/mol. The van der Waals surface area contributed by atoms with Gasteiger partial charge >= 0.3 is 5.97 Å². The maximum atomic E-state index is 12.7. The predicted octanol–water partition coefficient (Wildman–Crippen LogP) is 2.06. The van der Waals surface area contributed by atoms with Crippen molar-refractivity contribution in [3.8, 4) is 0 Å². The van der Waals surface area contributed by atoms with Crippen molar-refractivity contribution >= 4 is 11.9 Å². The summed E-state index contributed by atoms with van der Waals surface area (Å²) in [6.07, 6.45) is 6.26. The van der Waals surface area contributed by atoms with Crippen molar-refractivity contribution in [2.45, 2.75) is 44.8 Å². The zero-order valence-corrected chi connectivity index (χ0v) is 17.3. The number of likely N-dealkylation sites (tertiary alicyclic amines) is 1. The number of carbonyl (C=O) groups excluding carboxylic acids is 2. The molecule has 8 nitrogen and oxygen atoms in total. The number of nitrogens with zero attached hydrogens (tertiary/aromatic N) is 4. The molecule has 2 aliphatic heterocycles. The molecule has 1 spiro atoms. The molecule has 4 heterocycles. The molecule has 160 valence electrons. The van der Waals surface area contributed by atoms with Gasteiger partial charge in [-0.25, -0.2) is 0 Å². The smallest absolute Gasteiger partial charge is 0.312 e. The number of pyridine rings is 1. The molecule has 0 radical (unpaired) electrons. The maximum absolute atomic E-state index is 12.7. The zero-order valence-electron chi connectivity index (χ0n) is 17.3. The molecule has 2 aliphatic rings. The lowest BCUT2D eigenvalue weighted by molar-refractivity contribution is -0.152. The Labute approximate surface area is 176 Å². The van der Waals surface area contributed by atoms with Crippen LogP contribution in [0.15, 0.2) is 41.2 Å². The highest BCUT2D eigenvalue weighted by Gasteiger charge is 2.50. The number of hydrogen-bond acceptors (Lipinski definition) is 7. The molecule has 0 aliphatic carbocycles. The van der Waals surface area contributed by atoms with Gasteiger partial charge in [-0.1, -0.05) is 11.2 Å². The summed E-state index contributed by atoms with van der Waals surface area (Å²) in [4.78, 5) is 33.5. The third-order valence-electron chi connectivity index (χ3n) is 6.15. The van der Waals surface area contributed by atoms with Crippen molar-refractivity contribution in [3.63, 3.8) is 0 Å². The molecule has 1 amide bonds. The Balaban J connectivity index is 1.25. The van der Waals surface area contributed by atoms with Crippen molar-refractivity contribution in [2.24, 2.45) is 5.41 Å². The molecule has 2 saturated heterocycles. The molecule has 8 heteroatoms. The standard InChI is InChI=1S/C22H28N4O4/c1-25(15-17-4-2-3-10-23-17)16-19-14-22(21(28)29-19)8-12-26(13-9-22)20(27)6-5-18-7-11-24-30-18/h2-4,7,10-11,19H,5-6,8-9,12-16H2,1H3. The van der Waals surface area contributed by atoms with E-state index in [1.165, 1.54) is 0 Å². The minimum Gasteiger partial charge on any atom is -0.461 e. The predicted molar refractivity (Wildman–Crippen MR) is 108 cm³/mol. The van der Waals surface area contributed by atoms with Crippen LogP contribution in [0.2, 0.25) is 0 Å². The molecular formula is C22H28N4O4. The molecule has 4 rings (SSSR count). The van der Waals surface area contributed by atoms with Crippen LogP contribution in [-0.2, 0) is 27.3 Å². The first-order valence-corrected chi connectivity index (χ1v) is 10.5. The number of rotatable bonds is 7. The number of carbonyl (C=O) groups is 2. The molecule has 2 aromatic heterocycles. The van der Waals surface area contributed by atoms with E-state index in [0.717, 1.165) is 18.7 Å². The second-order valence-electron chi connectivity index (χ2n) is 8.39. The van der Waals surface area contributed by atoms with Crippen molar-refractivity contribution in [1.29, 1.82) is 0 Å². The Morgan fingerprint density at radius 2 is 2.10 bits per heavy atom. The van der Waals surface area contributed by atoms with Crippen LogP contribution in [0.25, 0.3) is 0 Å². The van der Waals surface area contributed by atoms with Gasteiger partial charge in [-0.15, -0.1) is 0 Å². The van der Waals surface area contributed by atoms with Gasteiger partial charge in [0.2, 0.25) is 5.91 Å². The molecule has 2 aromatic rings. The summed E-state index contributed by atoms with van der Waals surface area (Å²) in [5.74, 6) is 0.709. The molecule has 1 unspecified atom stereocenters. The van der Waals surface area contributed by atoms with Crippen molar-refractivity contribution in [1.82, 2.24) is 19.9 Å². The number of aryl methyl sites for hydroxylation is 1. The third kappa shape index (κ3) is 4.70. The van der Waals surface area contributed by atoms with E-state index in [4.69, 9.17) is 9.26 Å². The second-order valence-corrected chi connectivity index (χ2v) is 8.39. The van der Waals surface area contributed by atoms with Gasteiger partial charge in [0.25, 0.3) is 0 Å². The Hall–Kier alpha value is -2.74. The van der Waals surface area contributed by atoms with E-state index in [1.54, 1.807) is 18.5 Å². The maximum Gasteiger partial charge on any atom is 0.312 e. The largest absolute Gasteiger partial charge is 0.461 e. The minimum atomic E-state index is -0.446. The first-order chi connectivity index (χ1) is 14.5. The molecular weight excluding hydrogens is 384 g/mol. The summed E-state index contributed by atoms with van der Waals surface area (Å²) in [7, 11) is 2.02. The molecule has 30 heavy (non-hydrogen) atoms. The number of amides is 1. The average Bonchev–Trinajstić information content (AvgIpc) is 3.36. The van der Waals surface area contributed by atoms with E-state index < -0.39 is 5.41 Å². The quantitative estimate of drug-likeness (QED) is 0.643. The van der Waals surface area contributed by atoms with E-state index in [9.17, 15) is 9.59 Å². The highest BCUT2D eigenvalue weighted by molar-refractivity contribution is 5.80. The van der Waals surface area contributed by atoms with Crippen LogP contribution in [0.1, 0.15) is 37.1 Å². The summed E-state index contributed by atoms with van der Waals surface area (Å²) in [5, 5.41) is 3.66. The summed E-state index contributed by atoms with van der Waals surface area (Å²) in [5.41, 5.74) is 0.550. The Kier molecular flexibility index (Phi) is 6.13. The summed E-state index contributed by atoms with van der Waals surface area (Å²) in [6, 6.07) is 7.64. The molecule has 0 saturated carbocycles. The Morgan fingerprint density at radius 3 is 2.80 bits per heavy atom. The molecule has 0 N–H and O–H groups in total. The summed E-state index contributed by atoms with van der Waals surface area (Å²) >= 11 is 0. The van der Waals surface area contributed by atoms with Crippen molar-refractivity contribution in [2.75, 3.05) is 26.7 Å². The van der Waals surface area contributed by atoms with Crippen LogP contribution in [0.5, 0.6) is 0 Å². The van der Waals surface area contributed by atoms with Crippen LogP contribution < -0.4 is 0 Å². The number of esters is 1. The van der Waals surface area contributed by atoms with Gasteiger partial charge in [0.1, 0.15) is 11.9 Å². The normalized spacial score (nSPS) is 20.7. The number of ether oxygens (including phenoxy) is 1. The summed E-state index contributed by atoms with van der Waals surface area (Å²) < 4.78 is 10.8. The fourth-order valence-electron chi connectivity index (χ4n) is 4.47. The number of piperidine rings is 1. The number of likely N-dealkylation sites (N-methyl/N-ethyl adjacent to an activating group) is 1. The zero-order chi connectivity index (χ0) is 21.0. The van der Waals surface area contributed by atoms with Crippen molar-refractivity contribution < 1.29 is 18.8 Å². The highest BCUT2D eigenvalue weighted by Crippen LogP contribution is 2.43. The van der Waals surface area contributed by atoms with Gasteiger partial charge in [-0.05, 0) is 32.0 Å². The fraction of sp³-hybridized carbons (Fsp3) is 0.545. The first-order valence-electron chi connectivity index (χ1n) is 10.5. The lowest BCUT2D eigenvalue weighted by Crippen LogP contribution is -2.45. The topological polar surface area (TPSA) is 88.8 Å². The fourth-order valence-corrected chi connectivity index (χ4v) is 4.47. The van der Waals surface area contributed by atoms with Gasteiger partial charge in [0.05, 0.1) is 17.3 Å². The molecule has 2 fully saturated rings. The Bertz CT molecular complexity index is 847. The van der Waals surface area contributed by atoms with E-state index in [1.807, 2.05) is 30.1 Å². The Morgan fingerprint density at radius 1 is 1.27 bits per heavy atom. The van der Waals surface area contributed by atoms with Crippen LogP contribution in [-0.4, -0.2) is 64.6 Å². The van der Waals surface area contributed by atoms with Crippen LogP contribution >= 0.6 is 0 Å². The van der Waals surface area contributed by atoms with Crippen molar-refractivity contribution in [3.05, 3.63) is 48.1 Å². The lowest BCUT2D eigenvalue weighted by Gasteiger charge is -2.36. The van der Waals surface area contributed by atoms with E-state index in [2.05, 4.69) is 15.0 Å². The van der Waals surface area contributed by atoms with Gasteiger partial charge in [0, 0.05) is 57.7 Å². The number of cyclic esters (lactones) is 1. The lowest BCUT2D eigenvalue weighted by atomic mass is 9.76. The molecule has 0 aromatic carbocycles. The van der Waals surface area contributed by atoms with Gasteiger partial charge in [-0.2, -0.15) is 0 Å². The molecule has 1 atom stereocenters. The van der Waals surface area contributed by atoms with Gasteiger partial charge in [0.15, 0.2) is 0 Å². The van der Waals surface area contributed by atoms with Crippen LogP contribution in [0.4, 0.5) is 0 Å². The number of aromatic nitrogens is 2. The summed E-state index contributed by atoms with van der Waals surface area (Å²) in [6.45, 7) is 2.60. The highest BCUT2D eigenvalue weighted by atomic mass is 16.6. The van der Waals surface area contributed by atoms with E-state index in [0.29, 0.717) is 51.1 Å². The van der Waals surface area contributed by atoms with E-state index >= 15 is 0 Å². The monoisotopic (exact) mass is 412 g/mol. The SMILES string of the molecule is CN(Cc1ccccn1)CC1CC2(CCN(C(=O)CCc3ccno3)CC2)C(=O)O1. The first kappa shape index (κ1) is 20.5. The van der Waals surface area contributed by atoms with Crippen LogP contribution in [0.3, 0.4) is 0 Å². The second kappa shape index (κ2) is 8.95. The van der Waals surface area contributed by atoms with Gasteiger partial charge < -0.3 is 14.2 Å².